The standard InChI is InChI=1S/C11H16N4O4S/c1-2-14(8-6-13-7-8)10-4-3-9(20(12,18)19)5-11(10)15(16)17/h3-5,8,13H,2,6-7H2,1H3,(H2,12,18,19). The van der Waals surface area contributed by atoms with Gasteiger partial charge in [-0.05, 0) is 19.1 Å². The summed E-state index contributed by atoms with van der Waals surface area (Å²) in [6.45, 7) is 4.00. The molecule has 0 spiro atoms. The van der Waals surface area contributed by atoms with Gasteiger partial charge in [0.1, 0.15) is 5.69 Å². The molecule has 0 unspecified atom stereocenters. The van der Waals surface area contributed by atoms with E-state index in [9.17, 15) is 18.5 Å². The Balaban J connectivity index is 2.49. The molecule has 1 saturated heterocycles. The molecular formula is C11H16N4O4S. The van der Waals surface area contributed by atoms with E-state index in [0.717, 1.165) is 19.2 Å². The van der Waals surface area contributed by atoms with Crippen molar-refractivity contribution in [3.63, 3.8) is 0 Å². The van der Waals surface area contributed by atoms with Gasteiger partial charge in [-0.15, -0.1) is 0 Å². The molecule has 0 aliphatic carbocycles. The number of nitro benzene ring substituents is 1. The van der Waals surface area contributed by atoms with Gasteiger partial charge in [0, 0.05) is 25.7 Å². The van der Waals surface area contributed by atoms with E-state index in [1.807, 2.05) is 11.8 Å². The van der Waals surface area contributed by atoms with Crippen molar-refractivity contribution in [1.29, 1.82) is 0 Å². The highest BCUT2D eigenvalue weighted by atomic mass is 32.2. The minimum absolute atomic E-state index is 0.180. The van der Waals surface area contributed by atoms with E-state index in [2.05, 4.69) is 5.32 Å². The van der Waals surface area contributed by atoms with Crippen LogP contribution < -0.4 is 15.4 Å². The topological polar surface area (TPSA) is 119 Å². The summed E-state index contributed by atoms with van der Waals surface area (Å²) in [5.41, 5.74) is 0.168. The number of likely N-dealkylation sites (N-methyl/N-ethyl adjacent to an activating group) is 1. The number of nitro groups is 1. The van der Waals surface area contributed by atoms with Gasteiger partial charge in [-0.25, -0.2) is 13.6 Å². The molecule has 0 bridgehead atoms. The highest BCUT2D eigenvalue weighted by Gasteiger charge is 2.29. The first kappa shape index (κ1) is 14.7. The molecule has 3 N–H and O–H groups in total. The summed E-state index contributed by atoms with van der Waals surface area (Å²) < 4.78 is 22.6. The summed E-state index contributed by atoms with van der Waals surface area (Å²) in [5.74, 6) is 0. The Hall–Kier alpha value is -1.71. The number of nitrogens with two attached hydrogens (primary N) is 1. The second kappa shape index (κ2) is 5.35. The van der Waals surface area contributed by atoms with Crippen LogP contribution in [0.3, 0.4) is 0 Å². The average molecular weight is 300 g/mol. The maximum absolute atomic E-state index is 11.3. The first-order valence-electron chi connectivity index (χ1n) is 6.13. The summed E-state index contributed by atoms with van der Waals surface area (Å²) in [4.78, 5) is 12.2. The number of rotatable bonds is 5. The van der Waals surface area contributed by atoms with Gasteiger partial charge in [0.2, 0.25) is 10.0 Å². The first-order chi connectivity index (χ1) is 9.34. The normalized spacial score (nSPS) is 15.7. The molecule has 1 aliphatic heterocycles. The van der Waals surface area contributed by atoms with Crippen molar-refractivity contribution in [1.82, 2.24) is 5.32 Å². The van der Waals surface area contributed by atoms with Gasteiger partial charge in [0.25, 0.3) is 5.69 Å². The minimum atomic E-state index is -3.96. The lowest BCUT2D eigenvalue weighted by molar-refractivity contribution is -0.384. The van der Waals surface area contributed by atoms with E-state index >= 15 is 0 Å². The van der Waals surface area contributed by atoms with E-state index < -0.39 is 14.9 Å². The van der Waals surface area contributed by atoms with Crippen LogP contribution in [0.1, 0.15) is 6.92 Å². The fraction of sp³-hybridized carbons (Fsp3) is 0.455. The predicted octanol–water partition coefficient (Wildman–Crippen LogP) is 0.0403. The molecule has 0 saturated carbocycles. The van der Waals surface area contributed by atoms with Crippen LogP contribution in [-0.2, 0) is 10.0 Å². The van der Waals surface area contributed by atoms with Crippen molar-refractivity contribution in [3.05, 3.63) is 28.3 Å². The number of hydrogen-bond acceptors (Lipinski definition) is 6. The third-order valence-corrected chi connectivity index (χ3v) is 4.23. The first-order valence-corrected chi connectivity index (χ1v) is 7.68. The highest BCUT2D eigenvalue weighted by molar-refractivity contribution is 7.89. The third kappa shape index (κ3) is 2.74. The second-order valence-corrected chi connectivity index (χ2v) is 6.11. The van der Waals surface area contributed by atoms with Gasteiger partial charge in [-0.1, -0.05) is 0 Å². The molecule has 1 fully saturated rings. The van der Waals surface area contributed by atoms with E-state index in [0.29, 0.717) is 12.2 Å². The van der Waals surface area contributed by atoms with Crippen LogP contribution in [0.2, 0.25) is 0 Å². The number of sulfonamides is 1. The van der Waals surface area contributed by atoms with E-state index in [4.69, 9.17) is 5.14 Å². The summed E-state index contributed by atoms with van der Waals surface area (Å²) in [7, 11) is -3.96. The number of anilines is 1. The molecule has 1 heterocycles. The largest absolute Gasteiger partial charge is 0.361 e. The summed E-state index contributed by atoms with van der Waals surface area (Å²) >= 11 is 0. The molecule has 0 radical (unpaired) electrons. The predicted molar refractivity (Wildman–Crippen MR) is 74.1 cm³/mol. The van der Waals surface area contributed by atoms with E-state index in [1.165, 1.54) is 12.1 Å². The number of benzene rings is 1. The Morgan fingerprint density at radius 1 is 1.50 bits per heavy atom. The zero-order valence-corrected chi connectivity index (χ0v) is 11.8. The molecule has 1 aliphatic rings. The van der Waals surface area contributed by atoms with Crippen molar-refractivity contribution >= 4 is 21.4 Å². The summed E-state index contributed by atoms with van der Waals surface area (Å²) in [6, 6.07) is 3.94. The summed E-state index contributed by atoms with van der Waals surface area (Å²) in [5, 5.41) is 19.3. The Morgan fingerprint density at radius 2 is 2.15 bits per heavy atom. The van der Waals surface area contributed by atoms with Crippen molar-refractivity contribution in [3.8, 4) is 0 Å². The van der Waals surface area contributed by atoms with Crippen LogP contribution in [0.15, 0.2) is 23.1 Å². The Morgan fingerprint density at radius 3 is 2.55 bits per heavy atom. The van der Waals surface area contributed by atoms with Crippen molar-refractivity contribution in [2.75, 3.05) is 24.5 Å². The van der Waals surface area contributed by atoms with E-state index in [-0.39, 0.29) is 16.6 Å². The molecule has 20 heavy (non-hydrogen) atoms. The lowest BCUT2D eigenvalue weighted by atomic mass is 10.1. The quantitative estimate of drug-likeness (QED) is 0.585. The van der Waals surface area contributed by atoms with E-state index in [1.54, 1.807) is 0 Å². The van der Waals surface area contributed by atoms with Gasteiger partial charge in [-0.3, -0.25) is 10.1 Å². The maximum atomic E-state index is 11.3. The molecule has 8 nitrogen and oxygen atoms in total. The Kier molecular flexibility index (Phi) is 3.93. The second-order valence-electron chi connectivity index (χ2n) is 4.55. The van der Waals surface area contributed by atoms with Gasteiger partial charge in [0.15, 0.2) is 0 Å². The SMILES string of the molecule is CCN(c1ccc(S(N)(=O)=O)cc1[N+](=O)[O-])C1CNC1. The van der Waals surface area contributed by atoms with Crippen LogP contribution in [-0.4, -0.2) is 39.0 Å². The number of nitrogens with one attached hydrogen (secondary N) is 1. The van der Waals surface area contributed by atoms with Gasteiger partial charge >= 0.3 is 0 Å². The smallest absolute Gasteiger partial charge is 0.293 e. The third-order valence-electron chi connectivity index (χ3n) is 3.32. The lowest BCUT2D eigenvalue weighted by Gasteiger charge is -2.38. The van der Waals surface area contributed by atoms with Crippen LogP contribution in [0.5, 0.6) is 0 Å². The van der Waals surface area contributed by atoms with Crippen LogP contribution in [0, 0.1) is 10.1 Å². The molecular weight excluding hydrogens is 284 g/mol. The maximum Gasteiger partial charge on any atom is 0.293 e. The molecule has 2 rings (SSSR count). The van der Waals surface area contributed by atoms with Crippen molar-refractivity contribution < 1.29 is 13.3 Å². The Labute approximate surface area is 116 Å². The van der Waals surface area contributed by atoms with Crippen molar-refractivity contribution in [2.45, 2.75) is 17.9 Å². The van der Waals surface area contributed by atoms with Gasteiger partial charge in [0.05, 0.1) is 15.9 Å². The van der Waals surface area contributed by atoms with Crippen molar-refractivity contribution in [2.24, 2.45) is 5.14 Å². The van der Waals surface area contributed by atoms with Crippen LogP contribution in [0.25, 0.3) is 0 Å². The molecule has 0 aromatic heterocycles. The zero-order chi connectivity index (χ0) is 14.9. The van der Waals surface area contributed by atoms with Gasteiger partial charge in [-0.2, -0.15) is 0 Å². The zero-order valence-electron chi connectivity index (χ0n) is 10.9. The fourth-order valence-corrected chi connectivity index (χ4v) is 2.72. The molecule has 0 amide bonds. The number of primary sulfonamides is 1. The minimum Gasteiger partial charge on any atom is -0.361 e. The van der Waals surface area contributed by atoms with Gasteiger partial charge < -0.3 is 10.2 Å². The Bertz CT molecular complexity index is 627. The molecule has 0 atom stereocenters. The fourth-order valence-electron chi connectivity index (χ4n) is 2.19. The van der Waals surface area contributed by atoms with Crippen LogP contribution in [0.4, 0.5) is 11.4 Å². The molecule has 110 valence electrons. The highest BCUT2D eigenvalue weighted by Crippen LogP contribution is 2.32. The molecule has 9 heteroatoms. The number of nitrogens with zero attached hydrogens (tertiary/aromatic N) is 2. The van der Waals surface area contributed by atoms with Crippen LogP contribution >= 0.6 is 0 Å². The molecule has 1 aromatic rings. The average Bonchev–Trinajstić information content (AvgIpc) is 2.31. The molecule has 1 aromatic carbocycles. The monoisotopic (exact) mass is 300 g/mol. The lowest BCUT2D eigenvalue weighted by Crippen LogP contribution is -2.57. The number of hydrogen-bond donors (Lipinski definition) is 2. The summed E-state index contributed by atoms with van der Waals surface area (Å²) in [6.07, 6.45) is 0.